The Kier molecular flexibility index (Phi) is 4.30. The minimum Gasteiger partial charge on any atom is -0.444 e. The maximum atomic E-state index is 11.6. The molecule has 0 spiro atoms. The highest BCUT2D eigenvalue weighted by atomic mass is 16.5. The lowest BCUT2D eigenvalue weighted by atomic mass is 10.2. The first-order valence-corrected chi connectivity index (χ1v) is 6.00. The summed E-state index contributed by atoms with van der Waals surface area (Å²) in [5.74, 6) is -0.314. The first-order chi connectivity index (χ1) is 8.75. The number of carbonyl (C=O) groups excluding carboxylic acids is 2. The van der Waals surface area contributed by atoms with Gasteiger partial charge in [-0.1, -0.05) is 30.3 Å². The number of nitrogens with one attached hydrogen (secondary N) is 2. The molecule has 1 fully saturated rings. The first-order valence-electron chi connectivity index (χ1n) is 6.00. The molecule has 1 atom stereocenters. The number of benzene rings is 1. The summed E-state index contributed by atoms with van der Waals surface area (Å²) in [5, 5.41) is 5.25. The molecule has 0 bridgehead atoms. The average Bonchev–Trinajstić information content (AvgIpc) is 2.91. The van der Waals surface area contributed by atoms with Crippen molar-refractivity contribution in [3.8, 4) is 0 Å². The Morgan fingerprint density at radius 3 is 2.78 bits per heavy atom. The van der Waals surface area contributed by atoms with Crippen molar-refractivity contribution in [3.05, 3.63) is 35.9 Å². The molecule has 1 aromatic rings. The van der Waals surface area contributed by atoms with Crippen LogP contribution in [-0.4, -0.2) is 24.6 Å². The standard InChI is InChI=1S/C13H16N2O3/c16-12(11-7-4-8-14-11)15-13(17)18-9-10-5-2-1-3-6-10/h1-3,5-6,11,14H,4,7-9H2,(H,15,16,17)/t11-/m1/s1. The number of alkyl carbamates (subject to hydrolysis) is 1. The van der Waals surface area contributed by atoms with Gasteiger partial charge < -0.3 is 10.1 Å². The quantitative estimate of drug-likeness (QED) is 0.843. The Labute approximate surface area is 106 Å². The van der Waals surface area contributed by atoms with Crippen molar-refractivity contribution in [1.29, 1.82) is 0 Å². The van der Waals surface area contributed by atoms with Crippen LogP contribution in [-0.2, 0) is 16.1 Å². The summed E-state index contributed by atoms with van der Waals surface area (Å²) in [5.41, 5.74) is 0.888. The monoisotopic (exact) mass is 248 g/mol. The minimum absolute atomic E-state index is 0.165. The third-order valence-electron chi connectivity index (χ3n) is 2.81. The molecule has 0 aromatic heterocycles. The lowest BCUT2D eigenvalue weighted by Crippen LogP contribution is -2.43. The van der Waals surface area contributed by atoms with Crippen LogP contribution in [0.3, 0.4) is 0 Å². The maximum absolute atomic E-state index is 11.6. The predicted octanol–water partition coefficient (Wildman–Crippen LogP) is 1.19. The minimum atomic E-state index is -0.697. The predicted molar refractivity (Wildman–Crippen MR) is 65.8 cm³/mol. The van der Waals surface area contributed by atoms with Crippen LogP contribution in [0.5, 0.6) is 0 Å². The largest absolute Gasteiger partial charge is 0.444 e. The fraction of sp³-hybridized carbons (Fsp3) is 0.385. The Bertz CT molecular complexity index is 414. The second-order valence-corrected chi connectivity index (χ2v) is 4.20. The van der Waals surface area contributed by atoms with Crippen LogP contribution in [0.25, 0.3) is 0 Å². The molecule has 18 heavy (non-hydrogen) atoms. The van der Waals surface area contributed by atoms with E-state index in [1.165, 1.54) is 0 Å². The summed E-state index contributed by atoms with van der Waals surface area (Å²) in [4.78, 5) is 23.0. The molecule has 1 aliphatic rings. The van der Waals surface area contributed by atoms with Crippen LogP contribution in [0.4, 0.5) is 4.79 Å². The third kappa shape index (κ3) is 3.56. The summed E-state index contributed by atoms with van der Waals surface area (Å²) in [6.45, 7) is 0.981. The van der Waals surface area contributed by atoms with Gasteiger partial charge in [0.1, 0.15) is 6.61 Å². The van der Waals surface area contributed by atoms with Crippen LogP contribution in [0, 0.1) is 0 Å². The van der Waals surface area contributed by atoms with Gasteiger partial charge in [-0.25, -0.2) is 4.79 Å². The van der Waals surface area contributed by atoms with Crippen molar-refractivity contribution in [2.75, 3.05) is 6.54 Å². The van der Waals surface area contributed by atoms with Gasteiger partial charge in [0.25, 0.3) is 0 Å². The molecule has 1 saturated heterocycles. The van der Waals surface area contributed by atoms with E-state index in [0.29, 0.717) is 0 Å². The summed E-state index contributed by atoms with van der Waals surface area (Å²) in [6.07, 6.45) is 1.02. The molecule has 2 amide bonds. The first kappa shape index (κ1) is 12.6. The zero-order valence-corrected chi connectivity index (χ0v) is 10.0. The second kappa shape index (κ2) is 6.16. The van der Waals surface area contributed by atoms with Crippen LogP contribution in [0.2, 0.25) is 0 Å². The molecule has 5 heteroatoms. The van der Waals surface area contributed by atoms with Crippen molar-refractivity contribution in [1.82, 2.24) is 10.6 Å². The highest BCUT2D eigenvalue weighted by Gasteiger charge is 2.23. The molecule has 1 aliphatic heterocycles. The van der Waals surface area contributed by atoms with E-state index in [9.17, 15) is 9.59 Å². The van der Waals surface area contributed by atoms with Gasteiger partial charge in [-0.15, -0.1) is 0 Å². The van der Waals surface area contributed by atoms with Gasteiger partial charge in [0.05, 0.1) is 6.04 Å². The summed E-state index contributed by atoms with van der Waals surface area (Å²) in [6, 6.07) is 9.06. The normalized spacial score (nSPS) is 18.3. The summed E-state index contributed by atoms with van der Waals surface area (Å²) in [7, 11) is 0. The molecule has 2 N–H and O–H groups in total. The lowest BCUT2D eigenvalue weighted by Gasteiger charge is -2.10. The number of hydrogen-bond acceptors (Lipinski definition) is 4. The fourth-order valence-corrected chi connectivity index (χ4v) is 1.86. The number of hydrogen-bond donors (Lipinski definition) is 2. The molecular formula is C13H16N2O3. The highest BCUT2D eigenvalue weighted by molar-refractivity contribution is 5.94. The van der Waals surface area contributed by atoms with E-state index in [-0.39, 0.29) is 18.6 Å². The molecule has 2 rings (SSSR count). The fourth-order valence-electron chi connectivity index (χ4n) is 1.86. The van der Waals surface area contributed by atoms with Gasteiger partial charge in [-0.2, -0.15) is 0 Å². The van der Waals surface area contributed by atoms with Crippen LogP contribution in [0.15, 0.2) is 30.3 Å². The van der Waals surface area contributed by atoms with Crippen LogP contribution >= 0.6 is 0 Å². The number of carbonyl (C=O) groups is 2. The molecule has 1 heterocycles. The number of rotatable bonds is 3. The van der Waals surface area contributed by atoms with Gasteiger partial charge in [-0.3, -0.25) is 10.1 Å². The van der Waals surface area contributed by atoms with Gasteiger partial charge in [0.2, 0.25) is 5.91 Å². The zero-order valence-electron chi connectivity index (χ0n) is 10.0. The second-order valence-electron chi connectivity index (χ2n) is 4.20. The molecule has 96 valence electrons. The Hall–Kier alpha value is -1.88. The van der Waals surface area contributed by atoms with Gasteiger partial charge >= 0.3 is 6.09 Å². The summed E-state index contributed by atoms with van der Waals surface area (Å²) < 4.78 is 4.96. The molecule has 0 radical (unpaired) electrons. The van der Waals surface area contributed by atoms with E-state index < -0.39 is 6.09 Å². The molecular weight excluding hydrogens is 232 g/mol. The van der Waals surface area contributed by atoms with Crippen molar-refractivity contribution < 1.29 is 14.3 Å². The average molecular weight is 248 g/mol. The van der Waals surface area contributed by atoms with E-state index >= 15 is 0 Å². The van der Waals surface area contributed by atoms with E-state index in [0.717, 1.165) is 24.9 Å². The highest BCUT2D eigenvalue weighted by Crippen LogP contribution is 2.05. The zero-order chi connectivity index (χ0) is 12.8. The van der Waals surface area contributed by atoms with Crippen molar-refractivity contribution in [2.24, 2.45) is 0 Å². The van der Waals surface area contributed by atoms with Crippen LogP contribution < -0.4 is 10.6 Å². The third-order valence-corrected chi connectivity index (χ3v) is 2.81. The van der Waals surface area contributed by atoms with Crippen molar-refractivity contribution in [2.45, 2.75) is 25.5 Å². The number of amides is 2. The molecule has 0 aliphatic carbocycles. The molecule has 1 aromatic carbocycles. The maximum Gasteiger partial charge on any atom is 0.414 e. The van der Waals surface area contributed by atoms with Crippen molar-refractivity contribution in [3.63, 3.8) is 0 Å². The van der Waals surface area contributed by atoms with E-state index in [2.05, 4.69) is 10.6 Å². The van der Waals surface area contributed by atoms with Gasteiger partial charge in [0, 0.05) is 0 Å². The summed E-state index contributed by atoms with van der Waals surface area (Å²) >= 11 is 0. The topological polar surface area (TPSA) is 67.4 Å². The molecule has 5 nitrogen and oxygen atoms in total. The van der Waals surface area contributed by atoms with Crippen molar-refractivity contribution >= 4 is 12.0 Å². The molecule has 0 saturated carbocycles. The van der Waals surface area contributed by atoms with Gasteiger partial charge in [-0.05, 0) is 24.9 Å². The smallest absolute Gasteiger partial charge is 0.414 e. The number of ether oxygens (including phenoxy) is 1. The SMILES string of the molecule is O=C(NC(=O)[C@H]1CCCN1)OCc1ccccc1. The van der Waals surface area contributed by atoms with E-state index in [4.69, 9.17) is 4.74 Å². The molecule has 0 unspecified atom stereocenters. The van der Waals surface area contributed by atoms with E-state index in [1.54, 1.807) is 0 Å². The van der Waals surface area contributed by atoms with E-state index in [1.807, 2.05) is 30.3 Å². The Morgan fingerprint density at radius 1 is 1.33 bits per heavy atom. The van der Waals surface area contributed by atoms with Gasteiger partial charge in [0.15, 0.2) is 0 Å². The Morgan fingerprint density at radius 2 is 2.11 bits per heavy atom. The Balaban J connectivity index is 1.73. The van der Waals surface area contributed by atoms with Crippen LogP contribution in [0.1, 0.15) is 18.4 Å². The number of imide groups is 1. The lowest BCUT2D eigenvalue weighted by molar-refractivity contribution is -0.122.